The normalized spacial score (nSPS) is 13.4. The predicted molar refractivity (Wildman–Crippen MR) is 128 cm³/mol. The van der Waals surface area contributed by atoms with Crippen LogP contribution in [-0.4, -0.2) is 71.2 Å². The number of rotatable bonds is 10. The summed E-state index contributed by atoms with van der Waals surface area (Å²) < 4.78 is 0. The molecule has 0 bridgehead atoms. The van der Waals surface area contributed by atoms with E-state index in [2.05, 4.69) is 21.9 Å². The van der Waals surface area contributed by atoms with E-state index in [0.717, 1.165) is 16.7 Å². The van der Waals surface area contributed by atoms with Crippen LogP contribution in [0, 0.1) is 0 Å². The maximum absolute atomic E-state index is 9.77. The second-order valence-corrected chi connectivity index (χ2v) is 7.12. The van der Waals surface area contributed by atoms with Crippen LogP contribution in [0.25, 0.3) is 17.0 Å². The third-order valence-corrected chi connectivity index (χ3v) is 4.42. The van der Waals surface area contributed by atoms with Gasteiger partial charge in [0.1, 0.15) is 5.82 Å². The highest BCUT2D eigenvalue weighted by Gasteiger charge is 2.14. The second kappa shape index (κ2) is 11.8. The fourth-order valence-electron chi connectivity index (χ4n) is 2.93. The predicted octanol–water partition coefficient (Wildman–Crippen LogP) is 2.99. The fourth-order valence-corrected chi connectivity index (χ4v) is 2.93. The van der Waals surface area contributed by atoms with Crippen molar-refractivity contribution in [3.05, 3.63) is 72.6 Å². The summed E-state index contributed by atoms with van der Waals surface area (Å²) in [7, 11) is 5.63. The van der Waals surface area contributed by atoms with Crippen LogP contribution in [0.15, 0.2) is 66.5 Å². The summed E-state index contributed by atoms with van der Waals surface area (Å²) >= 11 is 0. The van der Waals surface area contributed by atoms with Crippen LogP contribution in [0.2, 0.25) is 0 Å². The smallest absolute Gasteiger partial charge is 0.161 e. The largest absolute Gasteiger partial charge is 0.394 e. The Kier molecular flexibility index (Phi) is 9.12. The van der Waals surface area contributed by atoms with Crippen LogP contribution in [-0.2, 0) is 0 Å². The van der Waals surface area contributed by atoms with Gasteiger partial charge in [-0.25, -0.2) is 9.97 Å². The Morgan fingerprint density at radius 2 is 2.13 bits per heavy atom. The van der Waals surface area contributed by atoms with E-state index in [1.54, 1.807) is 13.2 Å². The Balaban J connectivity index is 2.52. The van der Waals surface area contributed by atoms with Crippen molar-refractivity contribution in [2.75, 3.05) is 39.6 Å². The number of hydrogen-bond donors (Lipinski definition) is 3. The second-order valence-electron chi connectivity index (χ2n) is 7.12. The maximum Gasteiger partial charge on any atom is 0.161 e. The number of hydrogen-bond acceptors (Lipinski definition) is 7. The van der Waals surface area contributed by atoms with Gasteiger partial charge in [-0.2, -0.15) is 0 Å². The molecule has 2 aromatic rings. The number of aromatic nitrogens is 2. The molecule has 164 valence electrons. The van der Waals surface area contributed by atoms with Crippen LogP contribution in [0.1, 0.15) is 18.1 Å². The minimum absolute atomic E-state index is 0.152. The zero-order valence-electron chi connectivity index (χ0n) is 18.6. The Morgan fingerprint density at radius 3 is 2.74 bits per heavy atom. The summed E-state index contributed by atoms with van der Waals surface area (Å²) in [5.41, 5.74) is 4.27. The number of aliphatic imine (C=N–C) groups is 1. The number of allylic oxidation sites excluding steroid dienone is 4. The molecule has 7 heteroatoms. The summed E-state index contributed by atoms with van der Waals surface area (Å²) in [5.74, 6) is 1.07. The number of aliphatic hydroxyl groups is 2. The van der Waals surface area contributed by atoms with Crippen molar-refractivity contribution in [2.45, 2.75) is 13.0 Å². The van der Waals surface area contributed by atoms with E-state index in [9.17, 15) is 5.11 Å². The van der Waals surface area contributed by atoms with Gasteiger partial charge in [-0.1, -0.05) is 36.9 Å². The summed E-state index contributed by atoms with van der Waals surface area (Å²) in [4.78, 5) is 15.5. The highest BCUT2D eigenvalue weighted by atomic mass is 16.3. The van der Waals surface area contributed by atoms with Gasteiger partial charge in [-0.15, -0.1) is 0 Å². The van der Waals surface area contributed by atoms with Crippen molar-refractivity contribution in [1.82, 2.24) is 14.9 Å². The van der Waals surface area contributed by atoms with Gasteiger partial charge in [-0.05, 0) is 30.2 Å². The third kappa shape index (κ3) is 6.60. The van der Waals surface area contributed by atoms with E-state index in [1.165, 1.54) is 0 Å². The lowest BCUT2D eigenvalue weighted by Crippen LogP contribution is -2.24. The molecule has 0 spiro atoms. The molecule has 1 unspecified atom stereocenters. The van der Waals surface area contributed by atoms with Crippen LogP contribution in [0.4, 0.5) is 5.82 Å². The highest BCUT2D eigenvalue weighted by Crippen LogP contribution is 2.25. The minimum atomic E-state index is -0.898. The summed E-state index contributed by atoms with van der Waals surface area (Å²) in [6.45, 7) is 5.64. The Hall–Kier alpha value is -3.29. The van der Waals surface area contributed by atoms with E-state index in [-0.39, 0.29) is 13.2 Å². The Labute approximate surface area is 184 Å². The number of nitrogens with one attached hydrogen (secondary N) is 1. The molecule has 3 N–H and O–H groups in total. The average molecular weight is 422 g/mol. The molecule has 1 atom stereocenters. The van der Waals surface area contributed by atoms with Crippen LogP contribution >= 0.6 is 0 Å². The number of aliphatic hydroxyl groups excluding tert-OH is 2. The maximum atomic E-state index is 9.77. The van der Waals surface area contributed by atoms with Gasteiger partial charge in [-0.3, -0.25) is 4.99 Å². The number of nitrogens with zero attached hydrogens (tertiary/aromatic N) is 4. The zero-order chi connectivity index (χ0) is 22.8. The minimum Gasteiger partial charge on any atom is -0.394 e. The summed E-state index contributed by atoms with van der Waals surface area (Å²) in [6.07, 6.45) is 8.39. The van der Waals surface area contributed by atoms with Crippen LogP contribution in [0.3, 0.4) is 0 Å². The zero-order valence-corrected chi connectivity index (χ0v) is 18.6. The van der Waals surface area contributed by atoms with Gasteiger partial charge in [0.2, 0.25) is 0 Å². The van der Waals surface area contributed by atoms with Crippen LogP contribution in [0.5, 0.6) is 0 Å². The molecule has 31 heavy (non-hydrogen) atoms. The average Bonchev–Trinajstić information content (AvgIpc) is 2.79. The van der Waals surface area contributed by atoms with Gasteiger partial charge < -0.3 is 20.4 Å². The molecule has 0 saturated carbocycles. The molecule has 0 aliphatic carbocycles. The van der Waals surface area contributed by atoms with E-state index in [4.69, 9.17) is 10.1 Å². The first kappa shape index (κ1) is 24.0. The first-order valence-corrected chi connectivity index (χ1v) is 10.0. The van der Waals surface area contributed by atoms with Gasteiger partial charge in [0.25, 0.3) is 0 Å². The van der Waals surface area contributed by atoms with Crippen molar-refractivity contribution in [1.29, 1.82) is 0 Å². The monoisotopic (exact) mass is 421 g/mol. The summed E-state index contributed by atoms with van der Waals surface area (Å²) in [5, 5.41) is 22.0. The fraction of sp³-hybridized carbons (Fsp3) is 0.292. The summed E-state index contributed by atoms with van der Waals surface area (Å²) in [6, 6.07) is 7.93. The number of anilines is 1. The van der Waals surface area contributed by atoms with E-state index < -0.39 is 6.10 Å². The highest BCUT2D eigenvalue weighted by molar-refractivity contribution is 6.11. The van der Waals surface area contributed by atoms with Gasteiger partial charge in [0, 0.05) is 45.6 Å². The van der Waals surface area contributed by atoms with Crippen molar-refractivity contribution in [3.63, 3.8) is 0 Å². The molecule has 1 heterocycles. The standard InChI is InChI=1S/C24H31N5O2/c1-6-9-22(25-3)21-14-27-23(28-24(21)26-13-20(31)16-30)19-11-8-10-18(12-19)17(7-2)15-29(4)5/h6-12,14-15,20,30-31H,2,13,16H2,1,3-5H3,(H,26,27,28)/b9-6-,17-15+,25-22+. The molecule has 0 amide bonds. The molecule has 0 radical (unpaired) electrons. The topological polar surface area (TPSA) is 93.9 Å². The first-order valence-electron chi connectivity index (χ1n) is 10.0. The molecule has 0 fully saturated rings. The van der Waals surface area contributed by atoms with Gasteiger partial charge in [0.15, 0.2) is 5.82 Å². The lowest BCUT2D eigenvalue weighted by Gasteiger charge is -2.15. The Morgan fingerprint density at radius 1 is 1.35 bits per heavy atom. The quantitative estimate of drug-likeness (QED) is 0.403. The van der Waals surface area contributed by atoms with Crippen molar-refractivity contribution in [2.24, 2.45) is 4.99 Å². The molecular formula is C24H31N5O2. The molecule has 0 aliphatic heterocycles. The van der Waals surface area contributed by atoms with Gasteiger partial charge >= 0.3 is 0 Å². The molecule has 1 aromatic carbocycles. The van der Waals surface area contributed by atoms with E-state index in [1.807, 2.05) is 74.6 Å². The lowest BCUT2D eigenvalue weighted by atomic mass is 10.0. The van der Waals surface area contributed by atoms with E-state index >= 15 is 0 Å². The van der Waals surface area contributed by atoms with Gasteiger partial charge in [0.05, 0.1) is 24.0 Å². The molecule has 1 aromatic heterocycles. The van der Waals surface area contributed by atoms with Crippen molar-refractivity contribution < 1.29 is 10.2 Å². The lowest BCUT2D eigenvalue weighted by molar-refractivity contribution is 0.105. The molecule has 0 aliphatic rings. The molecule has 7 nitrogen and oxygen atoms in total. The SMILES string of the molecule is C=C/C(=C\N(C)C)c1cccc(-c2ncc(C(/C=C\C)=N/C)c(NCC(O)CO)n2)c1. The molecule has 0 saturated heterocycles. The third-order valence-electron chi connectivity index (χ3n) is 4.42. The Bertz CT molecular complexity index is 980. The molecule has 2 rings (SSSR count). The number of benzene rings is 1. The van der Waals surface area contributed by atoms with Crippen molar-refractivity contribution >= 4 is 17.1 Å². The first-order chi connectivity index (χ1) is 14.9. The van der Waals surface area contributed by atoms with Crippen LogP contribution < -0.4 is 5.32 Å². The molecular weight excluding hydrogens is 390 g/mol. The van der Waals surface area contributed by atoms with Crippen molar-refractivity contribution in [3.8, 4) is 11.4 Å². The van der Waals surface area contributed by atoms with E-state index in [0.29, 0.717) is 22.9 Å².